The van der Waals surface area contributed by atoms with E-state index >= 15 is 4.39 Å². The molecule has 0 aliphatic rings. The molecule has 4 rings (SSSR count). The highest BCUT2D eigenvalue weighted by Crippen LogP contribution is 2.35. The Morgan fingerprint density at radius 1 is 1.06 bits per heavy atom. The van der Waals surface area contributed by atoms with Gasteiger partial charge in [-0.2, -0.15) is 4.98 Å². The van der Waals surface area contributed by atoms with Crippen LogP contribution in [0.15, 0.2) is 36.4 Å². The number of hydrogen-bond donors (Lipinski definition) is 0. The van der Waals surface area contributed by atoms with Gasteiger partial charge >= 0.3 is 0 Å². The van der Waals surface area contributed by atoms with E-state index in [-0.39, 0.29) is 27.9 Å². The second kappa shape index (κ2) is 8.61. The zero-order valence-corrected chi connectivity index (χ0v) is 18.9. The molecule has 5 nitrogen and oxygen atoms in total. The van der Waals surface area contributed by atoms with Crippen molar-refractivity contribution in [3.05, 3.63) is 59.4 Å². The first-order chi connectivity index (χ1) is 15.5. The zero-order valence-electron chi connectivity index (χ0n) is 18.9. The molecule has 0 saturated heterocycles. The van der Waals surface area contributed by atoms with Crippen molar-refractivity contribution in [2.24, 2.45) is 5.41 Å². The van der Waals surface area contributed by atoms with Gasteiger partial charge in [0.15, 0.2) is 11.6 Å². The van der Waals surface area contributed by atoms with E-state index in [0.29, 0.717) is 11.5 Å². The molecule has 0 spiro atoms. The molecule has 33 heavy (non-hydrogen) atoms. The van der Waals surface area contributed by atoms with E-state index in [4.69, 9.17) is 0 Å². The Hall–Kier alpha value is -3.23. The van der Waals surface area contributed by atoms with E-state index < -0.39 is 24.6 Å². The molecule has 0 aliphatic carbocycles. The summed E-state index contributed by atoms with van der Waals surface area (Å²) in [7, 11) is 0. The number of alkyl halides is 2. The molecule has 0 N–H and O–H groups in total. The van der Waals surface area contributed by atoms with Crippen LogP contribution in [0.3, 0.4) is 0 Å². The fourth-order valence-corrected chi connectivity index (χ4v) is 3.84. The van der Waals surface area contributed by atoms with Crippen LogP contribution >= 0.6 is 0 Å². The van der Waals surface area contributed by atoms with Crippen LogP contribution in [0.2, 0.25) is 0 Å². The van der Waals surface area contributed by atoms with E-state index in [1.165, 1.54) is 15.4 Å². The summed E-state index contributed by atoms with van der Waals surface area (Å²) in [6, 6.07) is 9.51. The maximum Gasteiger partial charge on any atom is 0.257 e. The Bertz CT molecular complexity index is 1310. The predicted molar refractivity (Wildman–Crippen MR) is 120 cm³/mol. The number of rotatable bonds is 6. The first-order valence-corrected chi connectivity index (χ1v) is 10.7. The molecular formula is C24H25F4N5. The molecule has 9 heteroatoms. The summed E-state index contributed by atoms with van der Waals surface area (Å²) in [6.07, 6.45) is -1.09. The summed E-state index contributed by atoms with van der Waals surface area (Å²) in [4.78, 5) is 5.57. The lowest BCUT2D eigenvalue weighted by Crippen LogP contribution is -2.26. The van der Waals surface area contributed by atoms with Gasteiger partial charge in [0, 0.05) is 5.69 Å². The van der Waals surface area contributed by atoms with Gasteiger partial charge in [0.25, 0.3) is 12.2 Å². The van der Waals surface area contributed by atoms with Crippen LogP contribution in [-0.4, -0.2) is 32.6 Å². The lowest BCUT2D eigenvalue weighted by molar-refractivity contribution is 0.158. The molecular weight excluding hydrogens is 434 g/mol. The average Bonchev–Trinajstić information content (AvgIpc) is 3.13. The van der Waals surface area contributed by atoms with Crippen molar-refractivity contribution < 1.29 is 17.6 Å². The van der Waals surface area contributed by atoms with Crippen LogP contribution in [0.4, 0.5) is 29.1 Å². The molecule has 0 radical (unpaired) electrons. The Kier molecular flexibility index (Phi) is 5.99. The minimum Gasteiger partial charge on any atom is -0.320 e. The Labute approximate surface area is 189 Å². The topological polar surface area (TPSA) is 46.3 Å². The Morgan fingerprint density at radius 3 is 2.52 bits per heavy atom. The summed E-state index contributed by atoms with van der Waals surface area (Å²) in [5, 5.41) is 7.74. The van der Waals surface area contributed by atoms with Gasteiger partial charge in [-0.25, -0.2) is 17.6 Å². The van der Waals surface area contributed by atoms with E-state index in [9.17, 15) is 13.2 Å². The first-order valence-electron chi connectivity index (χ1n) is 10.7. The number of benzene rings is 2. The second-order valence-electron chi connectivity index (χ2n) is 9.31. The number of hydrogen-bond acceptors (Lipinski definition) is 4. The van der Waals surface area contributed by atoms with Crippen LogP contribution < -0.4 is 4.90 Å². The van der Waals surface area contributed by atoms with Gasteiger partial charge in [-0.1, -0.05) is 32.9 Å². The number of aryl methyl sites for hydroxylation is 2. The highest BCUT2D eigenvalue weighted by molar-refractivity contribution is 5.94. The van der Waals surface area contributed by atoms with Gasteiger partial charge in [0.2, 0.25) is 0 Å². The standard InChI is InChI=1S/C24H25F4N5/c1-14-30-31-23-29-22(20-18(33(14)23)9-8-17(25)21(20)28)32(13-19(26)27)16-7-5-6-15(12-16)10-11-24(2,3)4/h5-9,12,19H,10-11,13H2,1-4H3. The smallest absolute Gasteiger partial charge is 0.257 e. The highest BCUT2D eigenvalue weighted by Gasteiger charge is 2.25. The van der Waals surface area contributed by atoms with Crippen molar-refractivity contribution in [2.45, 2.75) is 47.0 Å². The van der Waals surface area contributed by atoms with Crippen LogP contribution in [0.5, 0.6) is 0 Å². The minimum absolute atomic E-state index is 0.105. The lowest BCUT2D eigenvalue weighted by atomic mass is 9.88. The monoisotopic (exact) mass is 459 g/mol. The molecule has 2 heterocycles. The molecule has 0 unspecified atom stereocenters. The van der Waals surface area contributed by atoms with E-state index in [2.05, 4.69) is 36.0 Å². The van der Waals surface area contributed by atoms with Gasteiger partial charge < -0.3 is 4.90 Å². The van der Waals surface area contributed by atoms with Crippen molar-refractivity contribution in [2.75, 3.05) is 11.4 Å². The fourth-order valence-electron chi connectivity index (χ4n) is 3.84. The van der Waals surface area contributed by atoms with Gasteiger partial charge in [-0.15, -0.1) is 10.2 Å². The Morgan fingerprint density at radius 2 is 1.82 bits per heavy atom. The summed E-state index contributed by atoms with van der Waals surface area (Å²) in [6.45, 7) is 7.29. The molecule has 0 atom stereocenters. The van der Waals surface area contributed by atoms with Crippen molar-refractivity contribution in [1.82, 2.24) is 19.6 Å². The normalized spacial score (nSPS) is 12.3. The number of aromatic nitrogens is 4. The summed E-state index contributed by atoms with van der Waals surface area (Å²) in [5.41, 5.74) is 1.73. The molecule has 2 aromatic carbocycles. The van der Waals surface area contributed by atoms with Gasteiger partial charge in [0.05, 0.1) is 17.4 Å². The molecule has 0 aliphatic heterocycles. The van der Waals surface area contributed by atoms with Gasteiger partial charge in [0.1, 0.15) is 11.6 Å². The third-order valence-corrected chi connectivity index (χ3v) is 5.51. The zero-order chi connectivity index (χ0) is 23.9. The SMILES string of the molecule is Cc1nnc2nc(N(CC(F)F)c3cccc(CCC(C)(C)C)c3)c3c(F)c(F)ccc3n12. The van der Waals surface area contributed by atoms with E-state index in [0.717, 1.165) is 24.5 Å². The molecule has 2 aromatic heterocycles. The first kappa shape index (κ1) is 22.9. The van der Waals surface area contributed by atoms with Crippen LogP contribution in [0.1, 0.15) is 38.6 Å². The van der Waals surface area contributed by atoms with Crippen molar-refractivity contribution in [1.29, 1.82) is 0 Å². The number of anilines is 2. The van der Waals surface area contributed by atoms with Crippen molar-refractivity contribution >= 4 is 28.2 Å². The van der Waals surface area contributed by atoms with Crippen LogP contribution in [0.25, 0.3) is 16.7 Å². The third kappa shape index (κ3) is 4.62. The lowest BCUT2D eigenvalue weighted by Gasteiger charge is -2.26. The predicted octanol–water partition coefficient (Wildman–Crippen LogP) is 6.25. The van der Waals surface area contributed by atoms with Gasteiger partial charge in [-0.3, -0.25) is 4.40 Å². The maximum atomic E-state index is 15.1. The molecule has 0 fully saturated rings. The summed E-state index contributed by atoms with van der Waals surface area (Å²) < 4.78 is 58.2. The molecule has 0 bridgehead atoms. The molecule has 4 aromatic rings. The molecule has 174 valence electrons. The van der Waals surface area contributed by atoms with Crippen molar-refractivity contribution in [3.8, 4) is 0 Å². The van der Waals surface area contributed by atoms with Crippen LogP contribution in [0, 0.1) is 24.0 Å². The number of fused-ring (bicyclic) bond motifs is 3. The second-order valence-corrected chi connectivity index (χ2v) is 9.31. The summed E-state index contributed by atoms with van der Waals surface area (Å²) >= 11 is 0. The molecule has 0 amide bonds. The van der Waals surface area contributed by atoms with Gasteiger partial charge in [-0.05, 0) is 55.0 Å². The third-order valence-electron chi connectivity index (χ3n) is 5.51. The largest absolute Gasteiger partial charge is 0.320 e. The van der Waals surface area contributed by atoms with Crippen LogP contribution in [-0.2, 0) is 6.42 Å². The average molecular weight is 459 g/mol. The van der Waals surface area contributed by atoms with E-state index in [1.807, 2.05) is 6.07 Å². The number of nitrogens with zero attached hydrogens (tertiary/aromatic N) is 5. The van der Waals surface area contributed by atoms with Crippen molar-refractivity contribution in [3.63, 3.8) is 0 Å². The highest BCUT2D eigenvalue weighted by atomic mass is 19.3. The van der Waals surface area contributed by atoms with E-state index in [1.54, 1.807) is 25.1 Å². The number of halogens is 4. The quantitative estimate of drug-likeness (QED) is 0.320. The fraction of sp³-hybridized carbons (Fsp3) is 0.375. The maximum absolute atomic E-state index is 15.1. The summed E-state index contributed by atoms with van der Waals surface area (Å²) in [5.74, 6) is -1.84. The minimum atomic E-state index is -2.74. The molecule has 0 saturated carbocycles. The Balaban J connectivity index is 1.93.